The summed E-state index contributed by atoms with van der Waals surface area (Å²) in [6, 6.07) is 16.8. The first-order valence-corrected chi connectivity index (χ1v) is 9.92. The molecule has 1 fully saturated rings. The van der Waals surface area contributed by atoms with E-state index in [1.165, 1.54) is 27.2 Å². The maximum atomic E-state index is 13.4. The van der Waals surface area contributed by atoms with Gasteiger partial charge in [0.15, 0.2) is 0 Å². The molecule has 3 aliphatic carbocycles. The maximum absolute atomic E-state index is 13.4. The summed E-state index contributed by atoms with van der Waals surface area (Å²) >= 11 is 0. The van der Waals surface area contributed by atoms with Gasteiger partial charge in [-0.05, 0) is 35.3 Å². The first-order chi connectivity index (χ1) is 13.2. The molecular formula is C23H24N2O2. The molecule has 1 saturated heterocycles. The minimum absolute atomic E-state index is 0.00875. The molecule has 6 rings (SSSR count). The summed E-state index contributed by atoms with van der Waals surface area (Å²) in [5, 5.41) is 0. The third kappa shape index (κ3) is 2.13. The topological polar surface area (TPSA) is 40.6 Å². The van der Waals surface area contributed by atoms with Crippen molar-refractivity contribution in [2.75, 3.05) is 19.8 Å². The quantitative estimate of drug-likeness (QED) is 0.787. The van der Waals surface area contributed by atoms with E-state index >= 15 is 0 Å². The fourth-order valence-electron chi connectivity index (χ4n) is 5.50. The van der Waals surface area contributed by atoms with Gasteiger partial charge in [0.25, 0.3) is 0 Å². The van der Waals surface area contributed by atoms with Crippen LogP contribution in [0.25, 0.3) is 0 Å². The van der Waals surface area contributed by atoms with Crippen molar-refractivity contribution in [2.24, 2.45) is 11.8 Å². The Bertz CT molecular complexity index is 818. The smallest absolute Gasteiger partial charge is 0.235 e. The van der Waals surface area contributed by atoms with E-state index in [0.717, 1.165) is 13.1 Å². The van der Waals surface area contributed by atoms with E-state index < -0.39 is 0 Å². The lowest BCUT2D eigenvalue weighted by Crippen LogP contribution is -2.42. The average Bonchev–Trinajstić information content (AvgIpc) is 2.97. The van der Waals surface area contributed by atoms with Gasteiger partial charge in [-0.1, -0.05) is 62.4 Å². The van der Waals surface area contributed by atoms with Crippen LogP contribution in [0.5, 0.6) is 0 Å². The molecule has 2 bridgehead atoms. The Balaban J connectivity index is 1.65. The van der Waals surface area contributed by atoms with Crippen molar-refractivity contribution in [3.05, 3.63) is 70.8 Å². The van der Waals surface area contributed by atoms with Crippen molar-refractivity contribution >= 4 is 11.8 Å². The number of hydrogen-bond acceptors (Lipinski definition) is 3. The Hall–Kier alpha value is -2.46. The van der Waals surface area contributed by atoms with Crippen LogP contribution < -0.4 is 0 Å². The summed E-state index contributed by atoms with van der Waals surface area (Å²) in [5.41, 5.74) is 4.92. The van der Waals surface area contributed by atoms with Gasteiger partial charge in [-0.15, -0.1) is 0 Å². The molecular weight excluding hydrogens is 336 g/mol. The summed E-state index contributed by atoms with van der Waals surface area (Å²) in [6.45, 7) is 6.20. The number of hydrogen-bond donors (Lipinski definition) is 0. The second-order valence-electron chi connectivity index (χ2n) is 7.81. The molecule has 1 unspecified atom stereocenters. The lowest BCUT2D eigenvalue weighted by Gasteiger charge is -2.45. The molecule has 2 aromatic carbocycles. The number of carbonyl (C=O) groups excluding carboxylic acids is 2. The van der Waals surface area contributed by atoms with Crippen LogP contribution in [0.1, 0.15) is 47.9 Å². The van der Waals surface area contributed by atoms with E-state index in [9.17, 15) is 9.59 Å². The fourth-order valence-corrected chi connectivity index (χ4v) is 5.50. The molecule has 27 heavy (non-hydrogen) atoms. The highest BCUT2D eigenvalue weighted by Crippen LogP contribution is 2.60. The first kappa shape index (κ1) is 16.7. The van der Waals surface area contributed by atoms with Gasteiger partial charge in [0.05, 0.1) is 18.5 Å². The summed E-state index contributed by atoms with van der Waals surface area (Å²) in [6.07, 6.45) is 0. The standard InChI is InChI=1S/C23H24N2O2/c1-3-24(4-2)13-25-22(26)20-18-14-9-5-6-10-15(14)19(21(20)23(25)27)17-12-8-7-11-16(17)18/h5-12,18-21H,3-4,13H2,1-2H3/t18?,19?,20-,21?/m1/s1. The second-order valence-corrected chi connectivity index (χ2v) is 7.81. The Kier molecular flexibility index (Phi) is 3.73. The molecule has 4 nitrogen and oxygen atoms in total. The van der Waals surface area contributed by atoms with Crippen LogP contribution in [0.15, 0.2) is 48.5 Å². The van der Waals surface area contributed by atoms with E-state index in [4.69, 9.17) is 0 Å². The Morgan fingerprint density at radius 2 is 1.11 bits per heavy atom. The maximum Gasteiger partial charge on any atom is 0.235 e. The van der Waals surface area contributed by atoms with Crippen LogP contribution in [-0.4, -0.2) is 41.4 Å². The predicted octanol–water partition coefficient (Wildman–Crippen LogP) is 3.18. The Morgan fingerprint density at radius 1 is 0.741 bits per heavy atom. The lowest BCUT2D eigenvalue weighted by atomic mass is 9.55. The van der Waals surface area contributed by atoms with Crippen molar-refractivity contribution in [1.29, 1.82) is 0 Å². The molecule has 2 atom stereocenters. The average molecular weight is 360 g/mol. The molecule has 138 valence electrons. The number of likely N-dealkylation sites (tertiary alicyclic amines) is 1. The van der Waals surface area contributed by atoms with E-state index in [1.54, 1.807) is 0 Å². The largest absolute Gasteiger partial charge is 0.286 e. The number of carbonyl (C=O) groups is 2. The second kappa shape index (κ2) is 6.03. The Labute approximate surface area is 159 Å². The zero-order chi connectivity index (χ0) is 18.7. The zero-order valence-corrected chi connectivity index (χ0v) is 15.8. The molecule has 4 heteroatoms. The normalized spacial score (nSPS) is 27.7. The monoisotopic (exact) mass is 360 g/mol. The van der Waals surface area contributed by atoms with Crippen LogP contribution in [0.3, 0.4) is 0 Å². The van der Waals surface area contributed by atoms with Gasteiger partial charge in [0.2, 0.25) is 11.8 Å². The lowest BCUT2D eigenvalue weighted by molar-refractivity contribution is -0.142. The van der Waals surface area contributed by atoms with Gasteiger partial charge < -0.3 is 0 Å². The van der Waals surface area contributed by atoms with Crippen LogP contribution in [0, 0.1) is 11.8 Å². The van der Waals surface area contributed by atoms with Crippen molar-refractivity contribution in [1.82, 2.24) is 9.80 Å². The molecule has 2 amide bonds. The van der Waals surface area contributed by atoms with Gasteiger partial charge >= 0.3 is 0 Å². The number of imide groups is 1. The Morgan fingerprint density at radius 3 is 1.44 bits per heavy atom. The van der Waals surface area contributed by atoms with Crippen LogP contribution in [0.4, 0.5) is 0 Å². The molecule has 2 aromatic rings. The van der Waals surface area contributed by atoms with Gasteiger partial charge in [-0.3, -0.25) is 19.4 Å². The van der Waals surface area contributed by atoms with Crippen LogP contribution >= 0.6 is 0 Å². The van der Waals surface area contributed by atoms with Crippen molar-refractivity contribution in [3.63, 3.8) is 0 Å². The minimum Gasteiger partial charge on any atom is -0.286 e. The van der Waals surface area contributed by atoms with Gasteiger partial charge in [-0.25, -0.2) is 0 Å². The fraction of sp³-hybridized carbons (Fsp3) is 0.391. The van der Waals surface area contributed by atoms with Crippen LogP contribution in [-0.2, 0) is 9.59 Å². The van der Waals surface area contributed by atoms with E-state index in [1.807, 2.05) is 24.3 Å². The highest BCUT2D eigenvalue weighted by atomic mass is 16.2. The van der Waals surface area contributed by atoms with Gasteiger partial charge in [0.1, 0.15) is 0 Å². The summed E-state index contributed by atoms with van der Waals surface area (Å²) < 4.78 is 0. The molecule has 1 heterocycles. The van der Waals surface area contributed by atoms with Gasteiger partial charge in [-0.2, -0.15) is 0 Å². The number of rotatable bonds is 4. The third-order valence-electron chi connectivity index (χ3n) is 6.78. The molecule has 0 spiro atoms. The molecule has 0 aromatic heterocycles. The number of nitrogens with zero attached hydrogens (tertiary/aromatic N) is 2. The summed E-state index contributed by atoms with van der Waals surface area (Å²) in [7, 11) is 0. The molecule has 4 aliphatic rings. The highest BCUT2D eigenvalue weighted by molar-refractivity contribution is 6.07. The SMILES string of the molecule is CCN(CC)CN1C(=O)C2C3c4ccccc4C(c4ccccc43)[C@H]2C1=O. The predicted molar refractivity (Wildman–Crippen MR) is 103 cm³/mol. The van der Waals surface area contributed by atoms with E-state index in [0.29, 0.717) is 6.67 Å². The third-order valence-corrected chi connectivity index (χ3v) is 6.78. The summed E-state index contributed by atoms with van der Waals surface area (Å²) in [5.74, 6) is -0.520. The van der Waals surface area contributed by atoms with E-state index in [2.05, 4.69) is 43.0 Å². The summed E-state index contributed by atoms with van der Waals surface area (Å²) in [4.78, 5) is 30.5. The molecule has 0 N–H and O–H groups in total. The number of amides is 2. The van der Waals surface area contributed by atoms with Gasteiger partial charge in [0, 0.05) is 11.8 Å². The molecule has 0 radical (unpaired) electrons. The number of benzene rings is 2. The van der Waals surface area contributed by atoms with Crippen LogP contribution in [0.2, 0.25) is 0 Å². The highest BCUT2D eigenvalue weighted by Gasteiger charge is 2.61. The van der Waals surface area contributed by atoms with Crippen molar-refractivity contribution in [3.8, 4) is 0 Å². The zero-order valence-electron chi connectivity index (χ0n) is 15.8. The van der Waals surface area contributed by atoms with E-state index in [-0.39, 0.29) is 35.5 Å². The van der Waals surface area contributed by atoms with Crippen molar-refractivity contribution in [2.45, 2.75) is 25.7 Å². The minimum atomic E-state index is -0.261. The molecule has 1 aliphatic heterocycles. The van der Waals surface area contributed by atoms with Crippen molar-refractivity contribution < 1.29 is 9.59 Å². The first-order valence-electron chi connectivity index (χ1n) is 9.92. The molecule has 0 saturated carbocycles.